The van der Waals surface area contributed by atoms with Gasteiger partial charge < -0.3 is 10.2 Å². The number of piperidine rings is 1. The van der Waals surface area contributed by atoms with Crippen LogP contribution in [0.25, 0.3) is 0 Å². The summed E-state index contributed by atoms with van der Waals surface area (Å²) in [5, 5.41) is 0. The summed E-state index contributed by atoms with van der Waals surface area (Å²) < 4.78 is 37.5. The summed E-state index contributed by atoms with van der Waals surface area (Å²) in [6.07, 6.45) is -4.02. The fourth-order valence-electron chi connectivity index (χ4n) is 2.06. The maximum absolute atomic E-state index is 12.4. The first-order valence-electron chi connectivity index (χ1n) is 4.35. The van der Waals surface area contributed by atoms with Gasteiger partial charge in [-0.2, -0.15) is 13.2 Å². The third-order valence-corrected chi connectivity index (χ3v) is 2.49. The van der Waals surface area contributed by atoms with Crippen LogP contribution in [0.4, 0.5) is 13.2 Å². The van der Waals surface area contributed by atoms with Crippen LogP contribution < -0.4 is 5.73 Å². The van der Waals surface area contributed by atoms with Crippen molar-refractivity contribution in [1.82, 2.24) is 0 Å². The highest BCUT2D eigenvalue weighted by molar-refractivity contribution is 4.78. The lowest BCUT2D eigenvalue weighted by atomic mass is 9.93. The summed E-state index contributed by atoms with van der Waals surface area (Å²) in [6.45, 7) is 0.782. The van der Waals surface area contributed by atoms with Crippen LogP contribution in [0.15, 0.2) is 0 Å². The van der Waals surface area contributed by atoms with Crippen molar-refractivity contribution in [2.45, 2.75) is 18.6 Å². The Labute approximate surface area is 76.1 Å². The Morgan fingerprint density at radius 1 is 1.23 bits per heavy atom. The van der Waals surface area contributed by atoms with Crippen LogP contribution in [0.1, 0.15) is 6.42 Å². The molecular formula is C8H16F3N2+. The minimum Gasteiger partial charge on any atom is -0.327 e. The number of likely N-dealkylation sites (tertiary alicyclic amines) is 1. The molecule has 0 spiro atoms. The Kier molecular flexibility index (Phi) is 2.60. The van der Waals surface area contributed by atoms with Crippen molar-refractivity contribution < 1.29 is 17.7 Å². The molecule has 0 amide bonds. The fraction of sp³-hybridized carbons (Fsp3) is 1.00. The van der Waals surface area contributed by atoms with E-state index in [1.807, 2.05) is 0 Å². The quantitative estimate of drug-likeness (QED) is 0.575. The van der Waals surface area contributed by atoms with E-state index >= 15 is 0 Å². The number of nitrogens with two attached hydrogens (primary N) is 1. The lowest BCUT2D eigenvalue weighted by Gasteiger charge is -2.41. The SMILES string of the molecule is C[N+]1(C)CC(N)CC(C(F)(F)F)C1. The Bertz CT molecular complexity index is 188. The highest BCUT2D eigenvalue weighted by atomic mass is 19.4. The molecule has 1 aliphatic heterocycles. The van der Waals surface area contributed by atoms with E-state index in [1.165, 1.54) is 0 Å². The minimum atomic E-state index is -4.09. The Morgan fingerprint density at radius 3 is 2.15 bits per heavy atom. The van der Waals surface area contributed by atoms with Gasteiger partial charge in [0.05, 0.1) is 33.2 Å². The van der Waals surface area contributed by atoms with Crippen molar-refractivity contribution in [1.29, 1.82) is 0 Å². The maximum Gasteiger partial charge on any atom is 0.397 e. The van der Waals surface area contributed by atoms with Crippen molar-refractivity contribution in [3.05, 3.63) is 0 Å². The summed E-state index contributed by atoms with van der Waals surface area (Å²) in [5.74, 6) is -1.23. The van der Waals surface area contributed by atoms with E-state index in [1.54, 1.807) is 14.1 Å². The largest absolute Gasteiger partial charge is 0.397 e. The summed E-state index contributed by atoms with van der Waals surface area (Å²) in [6, 6.07) is -0.324. The number of nitrogens with zero attached hydrogens (tertiary/aromatic N) is 1. The van der Waals surface area contributed by atoms with Crippen LogP contribution in [0.3, 0.4) is 0 Å². The average molecular weight is 197 g/mol. The molecule has 1 fully saturated rings. The summed E-state index contributed by atoms with van der Waals surface area (Å²) in [5.41, 5.74) is 5.58. The lowest BCUT2D eigenvalue weighted by Crippen LogP contribution is -2.58. The van der Waals surface area contributed by atoms with E-state index in [9.17, 15) is 13.2 Å². The van der Waals surface area contributed by atoms with Crippen molar-refractivity contribution in [2.24, 2.45) is 11.7 Å². The second-order valence-electron chi connectivity index (χ2n) is 4.54. The van der Waals surface area contributed by atoms with E-state index in [0.717, 1.165) is 0 Å². The average Bonchev–Trinajstić information content (AvgIpc) is 1.79. The van der Waals surface area contributed by atoms with E-state index in [4.69, 9.17) is 5.73 Å². The third kappa shape index (κ3) is 2.84. The smallest absolute Gasteiger partial charge is 0.327 e. The normalized spacial score (nSPS) is 34.6. The molecule has 5 heteroatoms. The highest BCUT2D eigenvalue weighted by Gasteiger charge is 2.47. The fourth-order valence-corrected chi connectivity index (χ4v) is 2.06. The number of likely N-dealkylation sites (N-methyl/N-ethyl adjacent to an activating group) is 1. The number of alkyl halides is 3. The molecule has 2 nitrogen and oxygen atoms in total. The summed E-state index contributed by atoms with van der Waals surface area (Å²) in [4.78, 5) is 0. The second kappa shape index (κ2) is 3.13. The molecule has 2 unspecified atom stereocenters. The number of hydrogen-bond donors (Lipinski definition) is 1. The van der Waals surface area contributed by atoms with Gasteiger partial charge in [0.1, 0.15) is 5.92 Å². The molecule has 1 aliphatic rings. The van der Waals surface area contributed by atoms with Crippen LogP contribution in [-0.2, 0) is 0 Å². The molecule has 0 aromatic heterocycles. The minimum absolute atomic E-state index is 0.0746. The highest BCUT2D eigenvalue weighted by Crippen LogP contribution is 2.34. The van der Waals surface area contributed by atoms with Crippen LogP contribution in [0.5, 0.6) is 0 Å². The third-order valence-electron chi connectivity index (χ3n) is 2.49. The Hall–Kier alpha value is -0.290. The zero-order valence-electron chi connectivity index (χ0n) is 7.93. The molecule has 2 N–H and O–H groups in total. The van der Waals surface area contributed by atoms with Gasteiger partial charge >= 0.3 is 6.18 Å². The van der Waals surface area contributed by atoms with Gasteiger partial charge in [0, 0.05) is 0 Å². The summed E-state index contributed by atoms with van der Waals surface area (Å²) >= 11 is 0. The zero-order valence-corrected chi connectivity index (χ0v) is 7.93. The first kappa shape index (κ1) is 10.8. The van der Waals surface area contributed by atoms with Crippen molar-refractivity contribution in [2.75, 3.05) is 27.2 Å². The standard InChI is InChI=1S/C8H16F3N2/c1-13(2)4-6(8(9,10)11)3-7(12)5-13/h6-7H,3-5,12H2,1-2H3/q+1. The van der Waals surface area contributed by atoms with Gasteiger partial charge in [0.2, 0.25) is 0 Å². The monoisotopic (exact) mass is 197 g/mol. The molecule has 2 atom stereocenters. The van der Waals surface area contributed by atoms with Crippen LogP contribution in [-0.4, -0.2) is 43.9 Å². The van der Waals surface area contributed by atoms with E-state index < -0.39 is 12.1 Å². The molecule has 0 aliphatic carbocycles. The van der Waals surface area contributed by atoms with Crippen molar-refractivity contribution >= 4 is 0 Å². The summed E-state index contributed by atoms with van der Waals surface area (Å²) in [7, 11) is 3.58. The van der Waals surface area contributed by atoms with Crippen molar-refractivity contribution in [3.8, 4) is 0 Å². The Balaban J connectivity index is 2.69. The molecule has 0 radical (unpaired) electrons. The molecule has 1 heterocycles. The van der Waals surface area contributed by atoms with Gasteiger partial charge in [0.15, 0.2) is 0 Å². The van der Waals surface area contributed by atoms with Crippen LogP contribution >= 0.6 is 0 Å². The van der Waals surface area contributed by atoms with E-state index in [2.05, 4.69) is 0 Å². The van der Waals surface area contributed by atoms with Crippen LogP contribution in [0, 0.1) is 5.92 Å². The predicted octanol–water partition coefficient (Wildman–Crippen LogP) is 0.972. The Morgan fingerprint density at radius 2 is 1.77 bits per heavy atom. The molecule has 0 aromatic carbocycles. The molecule has 0 aromatic rings. The molecule has 0 saturated carbocycles. The van der Waals surface area contributed by atoms with Gasteiger partial charge in [-0.1, -0.05) is 0 Å². The molecule has 1 rings (SSSR count). The molecule has 13 heavy (non-hydrogen) atoms. The topological polar surface area (TPSA) is 26.0 Å². The van der Waals surface area contributed by atoms with E-state index in [0.29, 0.717) is 11.0 Å². The predicted molar refractivity (Wildman–Crippen MR) is 44.0 cm³/mol. The van der Waals surface area contributed by atoms with Gasteiger partial charge in [-0.15, -0.1) is 0 Å². The van der Waals surface area contributed by atoms with Gasteiger partial charge in [-0.05, 0) is 6.42 Å². The number of halogens is 3. The van der Waals surface area contributed by atoms with Gasteiger partial charge in [-0.25, -0.2) is 0 Å². The molecular weight excluding hydrogens is 181 g/mol. The molecule has 1 saturated heterocycles. The number of rotatable bonds is 0. The zero-order chi connectivity index (χ0) is 10.3. The maximum atomic E-state index is 12.4. The van der Waals surface area contributed by atoms with Crippen LogP contribution in [0.2, 0.25) is 0 Å². The van der Waals surface area contributed by atoms with Gasteiger partial charge in [0.25, 0.3) is 0 Å². The molecule has 0 bridgehead atoms. The van der Waals surface area contributed by atoms with Crippen molar-refractivity contribution in [3.63, 3.8) is 0 Å². The van der Waals surface area contributed by atoms with Gasteiger partial charge in [-0.3, -0.25) is 0 Å². The first-order chi connectivity index (χ1) is 5.71. The number of hydrogen-bond acceptors (Lipinski definition) is 1. The lowest BCUT2D eigenvalue weighted by molar-refractivity contribution is -0.901. The molecule has 78 valence electrons. The van der Waals surface area contributed by atoms with E-state index in [-0.39, 0.29) is 19.0 Å². The first-order valence-corrected chi connectivity index (χ1v) is 4.35. The second-order valence-corrected chi connectivity index (χ2v) is 4.54. The number of quaternary nitrogens is 1.